The monoisotopic (exact) mass is 418 g/mol. The number of nitrogens with zero attached hydrogens (tertiary/aromatic N) is 5. The molecule has 2 N–H and O–H groups in total. The van der Waals surface area contributed by atoms with Crippen LogP contribution in [0.15, 0.2) is 18.3 Å². The molecule has 160 valence electrons. The van der Waals surface area contributed by atoms with Gasteiger partial charge in [0.2, 0.25) is 5.95 Å². The maximum Gasteiger partial charge on any atom is 0.387 e. The van der Waals surface area contributed by atoms with E-state index >= 15 is 0 Å². The third-order valence-corrected chi connectivity index (χ3v) is 5.93. The molecule has 0 spiro atoms. The summed E-state index contributed by atoms with van der Waals surface area (Å²) in [6, 6.07) is 3.64. The second-order valence-corrected chi connectivity index (χ2v) is 7.94. The van der Waals surface area contributed by atoms with Gasteiger partial charge < -0.3 is 25.0 Å². The Hall–Kier alpha value is -2.75. The predicted octanol–water partition coefficient (Wildman–Crippen LogP) is 2.69. The summed E-state index contributed by atoms with van der Waals surface area (Å²) in [6.45, 7) is 0.309. The summed E-state index contributed by atoms with van der Waals surface area (Å²) in [7, 11) is 0. The molecule has 3 saturated heterocycles. The topological polar surface area (TPSA) is 89.6 Å². The number of piperidine rings is 1. The van der Waals surface area contributed by atoms with Crippen LogP contribution >= 0.6 is 0 Å². The highest BCUT2D eigenvalue weighted by atomic mass is 19.3. The lowest BCUT2D eigenvalue weighted by Crippen LogP contribution is -2.38. The van der Waals surface area contributed by atoms with Crippen LogP contribution in [0, 0.1) is 0 Å². The van der Waals surface area contributed by atoms with E-state index in [1.165, 1.54) is 18.7 Å². The van der Waals surface area contributed by atoms with Gasteiger partial charge in [0.05, 0.1) is 24.4 Å². The number of ether oxygens (including phenoxy) is 2. The molecule has 5 rings (SSSR count). The van der Waals surface area contributed by atoms with E-state index in [2.05, 4.69) is 19.5 Å². The molecule has 30 heavy (non-hydrogen) atoms. The van der Waals surface area contributed by atoms with Gasteiger partial charge in [-0.15, -0.1) is 0 Å². The number of halogens is 2. The fraction of sp³-hybridized carbons (Fsp3) is 0.550. The van der Waals surface area contributed by atoms with E-state index in [4.69, 9.17) is 20.4 Å². The van der Waals surface area contributed by atoms with Crippen molar-refractivity contribution in [2.45, 2.75) is 44.4 Å². The van der Waals surface area contributed by atoms with Crippen molar-refractivity contribution in [1.29, 1.82) is 0 Å². The van der Waals surface area contributed by atoms with Gasteiger partial charge in [-0.05, 0) is 31.7 Å². The van der Waals surface area contributed by atoms with Gasteiger partial charge >= 0.3 is 6.61 Å². The molecule has 2 atom stereocenters. The molecule has 3 aliphatic heterocycles. The summed E-state index contributed by atoms with van der Waals surface area (Å²) >= 11 is 0. The first kappa shape index (κ1) is 19.2. The van der Waals surface area contributed by atoms with Crippen LogP contribution in [0.4, 0.5) is 26.4 Å². The van der Waals surface area contributed by atoms with Gasteiger partial charge in [0.1, 0.15) is 5.82 Å². The van der Waals surface area contributed by atoms with Crippen LogP contribution in [0.3, 0.4) is 0 Å². The Kier molecular flexibility index (Phi) is 5.01. The number of anilines is 3. The SMILES string of the molecule is Nc1ncc(-c2cc(N3CC4CC3CO4)nc(N3CCCCC3)n2)cc1OC(F)F. The number of morpholine rings is 1. The lowest BCUT2D eigenvalue weighted by molar-refractivity contribution is -0.0494. The molecule has 2 unspecified atom stereocenters. The van der Waals surface area contributed by atoms with Crippen molar-refractivity contribution in [2.24, 2.45) is 0 Å². The zero-order valence-corrected chi connectivity index (χ0v) is 16.5. The molecule has 2 aromatic rings. The first-order valence-corrected chi connectivity index (χ1v) is 10.3. The Morgan fingerprint density at radius 3 is 2.70 bits per heavy atom. The highest BCUT2D eigenvalue weighted by Gasteiger charge is 2.40. The molecule has 8 nitrogen and oxygen atoms in total. The standard InChI is InChI=1S/C20H24F2N6O2/c21-19(22)30-16-6-12(9-24-18(16)23)15-8-17(28-10-14-7-13(28)11-29-14)26-20(25-15)27-4-2-1-3-5-27/h6,8-9,13-14,19H,1-5,7,10-11H2,(H2,23,24). The van der Waals surface area contributed by atoms with E-state index in [-0.39, 0.29) is 17.7 Å². The van der Waals surface area contributed by atoms with Crippen LogP contribution in [0.1, 0.15) is 25.7 Å². The van der Waals surface area contributed by atoms with E-state index in [1.807, 2.05) is 6.07 Å². The van der Waals surface area contributed by atoms with E-state index < -0.39 is 6.61 Å². The van der Waals surface area contributed by atoms with Gasteiger partial charge in [0.15, 0.2) is 11.6 Å². The molecule has 10 heteroatoms. The number of rotatable bonds is 5. The van der Waals surface area contributed by atoms with Crippen molar-refractivity contribution in [3.05, 3.63) is 18.3 Å². The second kappa shape index (κ2) is 7.82. The van der Waals surface area contributed by atoms with Gasteiger partial charge in [-0.3, -0.25) is 0 Å². The Morgan fingerprint density at radius 1 is 1.17 bits per heavy atom. The van der Waals surface area contributed by atoms with Crippen LogP contribution in [-0.4, -0.2) is 60.0 Å². The number of nitrogen functional groups attached to an aromatic ring is 1. The zero-order chi connectivity index (χ0) is 20.7. The van der Waals surface area contributed by atoms with E-state index in [1.54, 1.807) is 0 Å². The summed E-state index contributed by atoms with van der Waals surface area (Å²) in [4.78, 5) is 18.1. The van der Waals surface area contributed by atoms with Crippen molar-refractivity contribution in [2.75, 3.05) is 41.8 Å². The lowest BCUT2D eigenvalue weighted by atomic mass is 10.1. The molecular weight excluding hydrogens is 394 g/mol. The van der Waals surface area contributed by atoms with E-state index in [0.29, 0.717) is 29.9 Å². The largest absolute Gasteiger partial charge is 0.431 e. The van der Waals surface area contributed by atoms with Gasteiger partial charge in [0.25, 0.3) is 0 Å². The molecule has 2 bridgehead atoms. The number of aromatic nitrogens is 3. The van der Waals surface area contributed by atoms with Crippen LogP contribution in [-0.2, 0) is 4.74 Å². The van der Waals surface area contributed by atoms with Crippen molar-refractivity contribution in [3.63, 3.8) is 0 Å². The van der Waals surface area contributed by atoms with E-state index in [9.17, 15) is 8.78 Å². The Bertz CT molecular complexity index is 924. The lowest BCUT2D eigenvalue weighted by Gasteiger charge is -2.31. The second-order valence-electron chi connectivity index (χ2n) is 7.94. The minimum absolute atomic E-state index is 0.0846. The zero-order valence-electron chi connectivity index (χ0n) is 16.5. The number of pyridine rings is 1. The Balaban J connectivity index is 1.54. The van der Waals surface area contributed by atoms with Crippen LogP contribution < -0.4 is 20.3 Å². The summed E-state index contributed by atoms with van der Waals surface area (Å²) in [6.07, 6.45) is 6.15. The Morgan fingerprint density at radius 2 is 2.00 bits per heavy atom. The van der Waals surface area contributed by atoms with Crippen molar-refractivity contribution < 1.29 is 18.3 Å². The first-order valence-electron chi connectivity index (χ1n) is 10.3. The first-order chi connectivity index (χ1) is 14.6. The highest BCUT2D eigenvalue weighted by Crippen LogP contribution is 2.35. The molecule has 2 aromatic heterocycles. The molecule has 5 heterocycles. The average Bonchev–Trinajstić information content (AvgIpc) is 3.39. The van der Waals surface area contributed by atoms with Gasteiger partial charge in [-0.25, -0.2) is 9.97 Å². The molecule has 0 aromatic carbocycles. The maximum atomic E-state index is 12.7. The maximum absolute atomic E-state index is 12.7. The van der Waals surface area contributed by atoms with Crippen LogP contribution in [0.25, 0.3) is 11.3 Å². The smallest absolute Gasteiger partial charge is 0.387 e. The summed E-state index contributed by atoms with van der Waals surface area (Å²) in [5.41, 5.74) is 6.87. The highest BCUT2D eigenvalue weighted by molar-refractivity contribution is 5.68. The molecule has 0 aliphatic carbocycles. The quantitative estimate of drug-likeness (QED) is 0.793. The number of hydrogen-bond acceptors (Lipinski definition) is 8. The number of hydrogen-bond donors (Lipinski definition) is 1. The van der Waals surface area contributed by atoms with E-state index in [0.717, 1.165) is 44.7 Å². The van der Waals surface area contributed by atoms with Gasteiger partial charge in [0, 0.05) is 37.5 Å². The van der Waals surface area contributed by atoms with Crippen LogP contribution in [0.5, 0.6) is 5.75 Å². The third-order valence-electron chi connectivity index (χ3n) is 5.93. The summed E-state index contributed by atoms with van der Waals surface area (Å²) in [5.74, 6) is 1.23. The fourth-order valence-corrected chi connectivity index (χ4v) is 4.42. The molecule has 3 aliphatic rings. The molecule has 0 radical (unpaired) electrons. The van der Waals surface area contributed by atoms with Crippen molar-refractivity contribution in [1.82, 2.24) is 15.0 Å². The minimum atomic E-state index is -2.98. The van der Waals surface area contributed by atoms with Crippen LogP contribution in [0.2, 0.25) is 0 Å². The molecule has 3 fully saturated rings. The third kappa shape index (κ3) is 3.71. The normalized spacial score (nSPS) is 23.4. The predicted molar refractivity (Wildman–Crippen MR) is 108 cm³/mol. The van der Waals surface area contributed by atoms with Crippen molar-refractivity contribution >= 4 is 17.6 Å². The van der Waals surface area contributed by atoms with Crippen molar-refractivity contribution in [3.8, 4) is 17.0 Å². The molecule has 0 saturated carbocycles. The number of alkyl halides is 2. The molecule has 0 amide bonds. The van der Waals surface area contributed by atoms with Gasteiger partial charge in [-0.2, -0.15) is 13.8 Å². The summed E-state index contributed by atoms with van der Waals surface area (Å²) in [5, 5.41) is 0. The number of fused-ring (bicyclic) bond motifs is 2. The Labute approximate surface area is 173 Å². The average molecular weight is 418 g/mol. The summed E-state index contributed by atoms with van der Waals surface area (Å²) < 4.78 is 35.7. The van der Waals surface area contributed by atoms with Gasteiger partial charge in [-0.1, -0.05) is 0 Å². The minimum Gasteiger partial charge on any atom is -0.431 e. The number of nitrogens with two attached hydrogens (primary N) is 1. The fourth-order valence-electron chi connectivity index (χ4n) is 4.42. The molecular formula is C20H24F2N6O2.